The van der Waals surface area contributed by atoms with Gasteiger partial charge >= 0.3 is 0 Å². The molecule has 0 saturated carbocycles. The molecule has 8 nitrogen and oxygen atoms in total. The number of anilines is 1. The van der Waals surface area contributed by atoms with Crippen molar-refractivity contribution in [3.63, 3.8) is 0 Å². The number of carbonyl (C=O) groups is 2. The normalized spacial score (nSPS) is 10.9. The monoisotopic (exact) mass is 466 g/mol. The van der Waals surface area contributed by atoms with Gasteiger partial charge < -0.3 is 10.2 Å². The number of hydrogen-bond acceptors (Lipinski definition) is 6. The van der Waals surface area contributed by atoms with Crippen LogP contribution in [-0.4, -0.2) is 50.8 Å². The number of benzene rings is 1. The molecule has 2 amide bonds. The number of hydrogen-bond donors (Lipinski definition) is 1. The molecule has 0 atom stereocenters. The summed E-state index contributed by atoms with van der Waals surface area (Å²) in [6.07, 6.45) is 0.0444. The van der Waals surface area contributed by atoms with Gasteiger partial charge in [0.05, 0.1) is 40.1 Å². The lowest BCUT2D eigenvalue weighted by Gasteiger charge is -2.07. The highest BCUT2D eigenvalue weighted by Crippen LogP contribution is 2.24. The predicted molar refractivity (Wildman–Crippen MR) is 118 cm³/mol. The summed E-state index contributed by atoms with van der Waals surface area (Å²) in [5.74, 6) is -0.427. The Balaban J connectivity index is 1.67. The van der Waals surface area contributed by atoms with Crippen LogP contribution in [0.15, 0.2) is 18.2 Å². The smallest absolute Gasteiger partial charge is 0.265 e. The third-order valence-electron chi connectivity index (χ3n) is 4.37. The van der Waals surface area contributed by atoms with Gasteiger partial charge in [-0.1, -0.05) is 45.8 Å². The van der Waals surface area contributed by atoms with Crippen molar-refractivity contribution in [1.82, 2.24) is 24.9 Å². The molecule has 0 unspecified atom stereocenters. The van der Waals surface area contributed by atoms with Crippen LogP contribution in [0.4, 0.5) is 5.13 Å². The molecule has 11 heteroatoms. The van der Waals surface area contributed by atoms with Crippen molar-refractivity contribution in [2.24, 2.45) is 0 Å². The molecule has 0 radical (unpaired) electrons. The minimum absolute atomic E-state index is 0.0444. The number of rotatable bonds is 6. The summed E-state index contributed by atoms with van der Waals surface area (Å²) in [6, 6.07) is 5.36. The fourth-order valence-electron chi connectivity index (χ4n) is 2.69. The van der Waals surface area contributed by atoms with Crippen molar-refractivity contribution in [3.8, 4) is 0 Å². The number of aromatic nitrogens is 4. The van der Waals surface area contributed by atoms with Gasteiger partial charge in [0.2, 0.25) is 5.91 Å². The highest BCUT2D eigenvalue weighted by Gasteiger charge is 2.19. The Bertz CT molecular complexity index is 1110. The van der Waals surface area contributed by atoms with Crippen molar-refractivity contribution in [1.29, 1.82) is 0 Å². The lowest BCUT2D eigenvalue weighted by Crippen LogP contribution is -2.21. The van der Waals surface area contributed by atoms with E-state index in [1.807, 2.05) is 13.0 Å². The second-order valence-electron chi connectivity index (χ2n) is 6.89. The Labute approximate surface area is 187 Å². The van der Waals surface area contributed by atoms with E-state index in [4.69, 9.17) is 23.2 Å². The molecule has 3 aromatic rings. The average molecular weight is 467 g/mol. The van der Waals surface area contributed by atoms with Crippen molar-refractivity contribution in [3.05, 3.63) is 55.8 Å². The second-order valence-corrected chi connectivity index (χ2v) is 8.70. The highest BCUT2D eigenvalue weighted by atomic mass is 35.5. The maximum absolute atomic E-state index is 12.5. The summed E-state index contributed by atoms with van der Waals surface area (Å²) in [4.78, 5) is 30.8. The Hall–Kier alpha value is -2.49. The SMILES string of the molecule is Cc1nc(NC(=O)Cc2nnn(Cc3ccc(Cl)c(Cl)c3)c2C)sc1C(=O)N(C)C. The molecule has 1 aromatic carbocycles. The Morgan fingerprint density at radius 2 is 1.93 bits per heavy atom. The number of thiazole rings is 1. The molecule has 0 aliphatic rings. The van der Waals surface area contributed by atoms with Gasteiger partial charge in [-0.3, -0.25) is 9.59 Å². The van der Waals surface area contributed by atoms with Gasteiger partial charge in [0.25, 0.3) is 5.91 Å². The van der Waals surface area contributed by atoms with Crippen molar-refractivity contribution in [2.45, 2.75) is 26.8 Å². The highest BCUT2D eigenvalue weighted by molar-refractivity contribution is 7.17. The van der Waals surface area contributed by atoms with E-state index in [9.17, 15) is 9.59 Å². The fourth-order valence-corrected chi connectivity index (χ4v) is 4.01. The van der Waals surface area contributed by atoms with Crippen molar-refractivity contribution < 1.29 is 9.59 Å². The van der Waals surface area contributed by atoms with Gasteiger partial charge in [0, 0.05) is 14.1 Å². The zero-order chi connectivity index (χ0) is 22.0. The van der Waals surface area contributed by atoms with E-state index < -0.39 is 0 Å². The van der Waals surface area contributed by atoms with Crippen LogP contribution in [0.3, 0.4) is 0 Å². The third kappa shape index (κ3) is 4.97. The number of aryl methyl sites for hydroxylation is 1. The molecule has 0 aliphatic heterocycles. The molecule has 158 valence electrons. The fraction of sp³-hybridized carbons (Fsp3) is 0.316. The summed E-state index contributed by atoms with van der Waals surface area (Å²) in [7, 11) is 3.34. The zero-order valence-corrected chi connectivity index (χ0v) is 19.2. The average Bonchev–Trinajstić information content (AvgIpc) is 3.20. The molecule has 30 heavy (non-hydrogen) atoms. The third-order valence-corrected chi connectivity index (χ3v) is 6.17. The van der Waals surface area contributed by atoms with E-state index in [2.05, 4.69) is 20.6 Å². The molecule has 2 heterocycles. The summed E-state index contributed by atoms with van der Waals surface area (Å²) in [5, 5.41) is 12.3. The quantitative estimate of drug-likeness (QED) is 0.598. The van der Waals surface area contributed by atoms with Crippen LogP contribution < -0.4 is 5.32 Å². The van der Waals surface area contributed by atoms with Crippen LogP contribution in [0, 0.1) is 13.8 Å². The van der Waals surface area contributed by atoms with Gasteiger partial charge in [-0.2, -0.15) is 0 Å². The molecule has 0 spiro atoms. The van der Waals surface area contributed by atoms with E-state index in [0.717, 1.165) is 22.6 Å². The number of carbonyl (C=O) groups excluding carboxylic acids is 2. The standard InChI is InChI=1S/C19H20Cl2N6O2S/c1-10-17(18(29)26(3)4)30-19(22-10)23-16(28)8-15-11(2)27(25-24-15)9-12-5-6-13(20)14(21)7-12/h5-7H,8-9H2,1-4H3,(H,22,23,28). The number of amides is 2. The lowest BCUT2D eigenvalue weighted by molar-refractivity contribution is -0.115. The maximum atomic E-state index is 12.5. The summed E-state index contributed by atoms with van der Waals surface area (Å²) >= 11 is 13.2. The minimum Gasteiger partial charge on any atom is -0.344 e. The molecular formula is C19H20Cl2N6O2S. The molecule has 2 aromatic heterocycles. The van der Waals surface area contributed by atoms with Gasteiger partial charge in [-0.15, -0.1) is 5.10 Å². The maximum Gasteiger partial charge on any atom is 0.265 e. The van der Waals surface area contributed by atoms with Crippen LogP contribution in [-0.2, 0) is 17.8 Å². The molecule has 0 fully saturated rings. The van der Waals surface area contributed by atoms with Crippen molar-refractivity contribution >= 4 is 51.5 Å². The molecule has 0 saturated heterocycles. The van der Waals surface area contributed by atoms with E-state index >= 15 is 0 Å². The molecule has 0 aliphatic carbocycles. The topological polar surface area (TPSA) is 93.0 Å². The molecule has 1 N–H and O–H groups in total. The Morgan fingerprint density at radius 1 is 1.20 bits per heavy atom. The van der Waals surface area contributed by atoms with Crippen LogP contribution in [0.25, 0.3) is 0 Å². The Kier molecular flexibility index (Phi) is 6.74. The van der Waals surface area contributed by atoms with Gasteiger partial charge in [-0.05, 0) is 31.5 Å². The minimum atomic E-state index is -0.280. The molecule has 0 bridgehead atoms. The van der Waals surface area contributed by atoms with Gasteiger partial charge in [0.1, 0.15) is 4.88 Å². The largest absolute Gasteiger partial charge is 0.344 e. The van der Waals surface area contributed by atoms with E-state index in [0.29, 0.717) is 38.0 Å². The van der Waals surface area contributed by atoms with Crippen LogP contribution in [0.1, 0.15) is 32.3 Å². The number of nitrogens with zero attached hydrogens (tertiary/aromatic N) is 5. The van der Waals surface area contributed by atoms with Crippen molar-refractivity contribution in [2.75, 3.05) is 19.4 Å². The first-order valence-electron chi connectivity index (χ1n) is 8.97. The van der Waals surface area contributed by atoms with E-state index in [1.165, 1.54) is 4.90 Å². The first-order chi connectivity index (χ1) is 14.2. The van der Waals surface area contributed by atoms with Crippen LogP contribution >= 0.6 is 34.5 Å². The van der Waals surface area contributed by atoms with E-state index in [-0.39, 0.29) is 18.2 Å². The summed E-state index contributed by atoms with van der Waals surface area (Å²) < 4.78 is 1.70. The first-order valence-corrected chi connectivity index (χ1v) is 10.5. The second kappa shape index (κ2) is 9.11. The Morgan fingerprint density at radius 3 is 2.60 bits per heavy atom. The van der Waals surface area contributed by atoms with Crippen LogP contribution in [0.2, 0.25) is 10.0 Å². The lowest BCUT2D eigenvalue weighted by atomic mass is 10.2. The predicted octanol–water partition coefficient (Wildman–Crippen LogP) is 3.59. The summed E-state index contributed by atoms with van der Waals surface area (Å²) in [5.41, 5.74) is 2.84. The number of nitrogens with one attached hydrogen (secondary N) is 1. The molecule has 3 rings (SSSR count). The van der Waals surface area contributed by atoms with E-state index in [1.54, 1.807) is 37.8 Å². The molecular weight excluding hydrogens is 447 g/mol. The number of halogens is 2. The van der Waals surface area contributed by atoms with Crippen LogP contribution in [0.5, 0.6) is 0 Å². The zero-order valence-electron chi connectivity index (χ0n) is 16.9. The first kappa shape index (κ1) is 22.2. The van der Waals surface area contributed by atoms with Gasteiger partial charge in [-0.25, -0.2) is 9.67 Å². The van der Waals surface area contributed by atoms with Gasteiger partial charge in [0.15, 0.2) is 5.13 Å². The summed E-state index contributed by atoms with van der Waals surface area (Å²) in [6.45, 7) is 4.04.